The van der Waals surface area contributed by atoms with Gasteiger partial charge in [0.25, 0.3) is 0 Å². The smallest absolute Gasteiger partial charge is 0.323 e. The molecular weight excluding hydrogens is 252 g/mol. The number of nitrogens with zero attached hydrogens (tertiary/aromatic N) is 1. The third-order valence-electron chi connectivity index (χ3n) is 2.83. The molecule has 1 atom stereocenters. The van der Waals surface area contributed by atoms with Gasteiger partial charge in [-0.3, -0.25) is 9.78 Å². The molecule has 0 aliphatic heterocycles. The van der Waals surface area contributed by atoms with E-state index in [9.17, 15) is 4.79 Å². The zero-order valence-electron chi connectivity index (χ0n) is 12.1. The maximum atomic E-state index is 11.9. The molecule has 106 valence electrons. The third-order valence-corrected chi connectivity index (χ3v) is 2.83. The quantitative estimate of drug-likeness (QED) is 0.872. The van der Waals surface area contributed by atoms with Crippen LogP contribution >= 0.6 is 0 Å². The molecule has 0 spiro atoms. The predicted molar refractivity (Wildman–Crippen MR) is 79.3 cm³/mol. The van der Waals surface area contributed by atoms with Crippen LogP contribution in [0.25, 0.3) is 10.9 Å². The van der Waals surface area contributed by atoms with E-state index in [-0.39, 0.29) is 5.97 Å². The van der Waals surface area contributed by atoms with E-state index in [4.69, 9.17) is 10.5 Å². The van der Waals surface area contributed by atoms with E-state index in [1.54, 1.807) is 6.20 Å². The van der Waals surface area contributed by atoms with Gasteiger partial charge >= 0.3 is 5.97 Å². The molecule has 0 amide bonds. The fraction of sp³-hybridized carbons (Fsp3) is 0.375. The van der Waals surface area contributed by atoms with E-state index in [0.29, 0.717) is 6.42 Å². The van der Waals surface area contributed by atoms with Gasteiger partial charge in [0.15, 0.2) is 0 Å². The van der Waals surface area contributed by atoms with Crippen LogP contribution < -0.4 is 5.73 Å². The van der Waals surface area contributed by atoms with Crippen molar-refractivity contribution < 1.29 is 9.53 Å². The lowest BCUT2D eigenvalue weighted by molar-refractivity contribution is -0.156. The number of fused-ring (bicyclic) bond motifs is 1. The Balaban J connectivity index is 2.09. The van der Waals surface area contributed by atoms with Gasteiger partial charge in [0.05, 0.1) is 5.52 Å². The van der Waals surface area contributed by atoms with Crippen LogP contribution in [0.15, 0.2) is 36.5 Å². The average Bonchev–Trinajstić information content (AvgIpc) is 2.36. The van der Waals surface area contributed by atoms with Crippen LogP contribution in [0.1, 0.15) is 26.3 Å². The van der Waals surface area contributed by atoms with Crippen molar-refractivity contribution in [3.8, 4) is 0 Å². The monoisotopic (exact) mass is 272 g/mol. The minimum atomic E-state index is -0.650. The fourth-order valence-electron chi connectivity index (χ4n) is 1.97. The Bertz CT molecular complexity index is 617. The zero-order valence-corrected chi connectivity index (χ0v) is 12.1. The Morgan fingerprint density at radius 2 is 2.10 bits per heavy atom. The number of ether oxygens (including phenoxy) is 1. The first kappa shape index (κ1) is 14.5. The van der Waals surface area contributed by atoms with Gasteiger partial charge in [0.1, 0.15) is 11.6 Å². The van der Waals surface area contributed by atoms with Gasteiger partial charge in [-0.2, -0.15) is 0 Å². The number of nitrogens with two attached hydrogens (primary N) is 1. The van der Waals surface area contributed by atoms with Crippen molar-refractivity contribution in [2.45, 2.75) is 38.8 Å². The van der Waals surface area contributed by atoms with Crippen molar-refractivity contribution in [2.24, 2.45) is 5.73 Å². The van der Waals surface area contributed by atoms with Crippen LogP contribution in [-0.2, 0) is 16.0 Å². The van der Waals surface area contributed by atoms with Crippen molar-refractivity contribution in [3.05, 3.63) is 42.1 Å². The van der Waals surface area contributed by atoms with Crippen molar-refractivity contribution in [1.29, 1.82) is 0 Å². The maximum absolute atomic E-state index is 11.9. The number of carbonyl (C=O) groups is 1. The summed E-state index contributed by atoms with van der Waals surface area (Å²) in [5, 5.41) is 1.04. The lowest BCUT2D eigenvalue weighted by Crippen LogP contribution is -2.38. The van der Waals surface area contributed by atoms with Gasteiger partial charge in [-0.25, -0.2) is 0 Å². The van der Waals surface area contributed by atoms with E-state index in [0.717, 1.165) is 16.5 Å². The molecule has 0 aliphatic rings. The van der Waals surface area contributed by atoms with Crippen LogP contribution in [-0.4, -0.2) is 22.6 Å². The SMILES string of the molecule is CC(C)(C)OC(=O)[C@@H](N)Cc1ccc2ncccc2c1. The molecule has 0 saturated heterocycles. The highest BCUT2D eigenvalue weighted by molar-refractivity contribution is 5.80. The molecule has 2 rings (SSSR count). The minimum Gasteiger partial charge on any atom is -0.459 e. The summed E-state index contributed by atoms with van der Waals surface area (Å²) in [6.07, 6.45) is 2.22. The summed E-state index contributed by atoms with van der Waals surface area (Å²) in [4.78, 5) is 16.1. The lowest BCUT2D eigenvalue weighted by atomic mass is 10.0. The molecule has 4 heteroatoms. The van der Waals surface area contributed by atoms with E-state index < -0.39 is 11.6 Å². The van der Waals surface area contributed by atoms with Crippen molar-refractivity contribution >= 4 is 16.9 Å². The third kappa shape index (κ3) is 3.78. The number of carbonyl (C=O) groups excluding carboxylic acids is 1. The summed E-state index contributed by atoms with van der Waals surface area (Å²) >= 11 is 0. The molecule has 0 unspecified atom stereocenters. The van der Waals surface area contributed by atoms with Crippen LogP contribution in [0, 0.1) is 0 Å². The first-order valence-electron chi connectivity index (χ1n) is 6.67. The number of esters is 1. The Morgan fingerprint density at radius 1 is 1.35 bits per heavy atom. The van der Waals surface area contributed by atoms with Crippen LogP contribution in [0.5, 0.6) is 0 Å². The highest BCUT2D eigenvalue weighted by Crippen LogP contribution is 2.15. The maximum Gasteiger partial charge on any atom is 0.323 e. The van der Waals surface area contributed by atoms with E-state index in [2.05, 4.69) is 4.98 Å². The van der Waals surface area contributed by atoms with Gasteiger partial charge in [0, 0.05) is 11.6 Å². The number of hydrogen-bond donors (Lipinski definition) is 1. The molecule has 0 radical (unpaired) electrons. The molecule has 2 N–H and O–H groups in total. The Kier molecular flexibility index (Phi) is 4.04. The van der Waals surface area contributed by atoms with Gasteiger partial charge in [-0.05, 0) is 51.0 Å². The Morgan fingerprint density at radius 3 is 2.80 bits per heavy atom. The summed E-state index contributed by atoms with van der Waals surface area (Å²) in [6, 6.07) is 9.12. The Labute approximate surface area is 119 Å². The van der Waals surface area contributed by atoms with Crippen LogP contribution in [0.2, 0.25) is 0 Å². The number of pyridine rings is 1. The highest BCUT2D eigenvalue weighted by atomic mass is 16.6. The molecule has 0 aliphatic carbocycles. The average molecular weight is 272 g/mol. The minimum absolute atomic E-state index is 0.371. The number of rotatable bonds is 3. The number of hydrogen-bond acceptors (Lipinski definition) is 4. The summed E-state index contributed by atoms with van der Waals surface area (Å²) in [5.41, 5.74) is 7.33. The molecule has 20 heavy (non-hydrogen) atoms. The van der Waals surface area contributed by atoms with Crippen molar-refractivity contribution in [3.63, 3.8) is 0 Å². The summed E-state index contributed by atoms with van der Waals surface area (Å²) < 4.78 is 5.28. The molecule has 4 nitrogen and oxygen atoms in total. The number of benzene rings is 1. The van der Waals surface area contributed by atoms with Gasteiger partial charge < -0.3 is 10.5 Å². The van der Waals surface area contributed by atoms with E-state index in [1.165, 1.54) is 0 Å². The highest BCUT2D eigenvalue weighted by Gasteiger charge is 2.22. The topological polar surface area (TPSA) is 65.2 Å². The molecular formula is C16H20N2O2. The molecule has 1 aromatic carbocycles. The predicted octanol–water partition coefficient (Wildman–Crippen LogP) is 2.45. The summed E-state index contributed by atoms with van der Waals surface area (Å²) in [6.45, 7) is 5.50. The van der Waals surface area contributed by atoms with Gasteiger partial charge in [0.2, 0.25) is 0 Å². The molecule has 2 aromatic rings. The van der Waals surface area contributed by atoms with Gasteiger partial charge in [-0.15, -0.1) is 0 Å². The largest absolute Gasteiger partial charge is 0.459 e. The molecule has 1 aromatic heterocycles. The first-order valence-corrected chi connectivity index (χ1v) is 6.67. The Hall–Kier alpha value is -1.94. The molecule has 0 bridgehead atoms. The summed E-state index contributed by atoms with van der Waals surface area (Å²) in [7, 11) is 0. The normalized spacial score (nSPS) is 13.2. The van der Waals surface area contributed by atoms with E-state index >= 15 is 0 Å². The van der Waals surface area contributed by atoms with E-state index in [1.807, 2.05) is 51.1 Å². The summed E-state index contributed by atoms with van der Waals surface area (Å²) in [5.74, 6) is -0.371. The van der Waals surface area contributed by atoms with Crippen LogP contribution in [0.4, 0.5) is 0 Å². The van der Waals surface area contributed by atoms with Crippen LogP contribution in [0.3, 0.4) is 0 Å². The fourth-order valence-corrected chi connectivity index (χ4v) is 1.97. The molecule has 0 fully saturated rings. The lowest BCUT2D eigenvalue weighted by Gasteiger charge is -2.22. The van der Waals surface area contributed by atoms with Gasteiger partial charge in [-0.1, -0.05) is 12.1 Å². The molecule has 0 saturated carbocycles. The van der Waals surface area contributed by atoms with Crippen molar-refractivity contribution in [2.75, 3.05) is 0 Å². The number of aromatic nitrogens is 1. The second kappa shape index (κ2) is 5.59. The van der Waals surface area contributed by atoms with Crippen molar-refractivity contribution in [1.82, 2.24) is 4.98 Å². The second-order valence-corrected chi connectivity index (χ2v) is 5.87. The molecule has 1 heterocycles. The first-order chi connectivity index (χ1) is 9.35. The standard InChI is InChI=1S/C16H20N2O2/c1-16(2,3)20-15(19)13(17)10-11-6-7-14-12(9-11)5-4-8-18-14/h4-9,13H,10,17H2,1-3H3/t13-/m0/s1. The zero-order chi connectivity index (χ0) is 14.8. The second-order valence-electron chi connectivity index (χ2n) is 5.87.